The van der Waals surface area contributed by atoms with E-state index < -0.39 is 5.97 Å². The molecule has 0 saturated carbocycles. The van der Waals surface area contributed by atoms with Crippen LogP contribution in [-0.2, 0) is 4.74 Å². The molecule has 0 aromatic heterocycles. The van der Waals surface area contributed by atoms with Gasteiger partial charge in [0.25, 0.3) is 0 Å². The van der Waals surface area contributed by atoms with E-state index in [1.54, 1.807) is 42.5 Å². The molecule has 2 aromatic rings. The molecule has 3 rings (SSSR count). The number of carbonyl (C=O) groups excluding carboxylic acids is 2. The summed E-state index contributed by atoms with van der Waals surface area (Å²) >= 11 is 0. The maximum atomic E-state index is 12.2. The van der Waals surface area contributed by atoms with Crippen LogP contribution in [0, 0.1) is 0 Å². The molecular weight excluding hydrogens is 310 g/mol. The lowest BCUT2D eigenvalue weighted by Gasteiger charge is -2.03. The van der Waals surface area contributed by atoms with Gasteiger partial charge in [0.05, 0.1) is 12.7 Å². The average Bonchev–Trinajstić information content (AvgIpc) is 3.09. The van der Waals surface area contributed by atoms with Crippen LogP contribution >= 0.6 is 0 Å². The van der Waals surface area contributed by atoms with Crippen molar-refractivity contribution in [3.63, 3.8) is 0 Å². The van der Waals surface area contributed by atoms with Crippen molar-refractivity contribution in [3.8, 4) is 11.5 Å². The van der Waals surface area contributed by atoms with Gasteiger partial charge in [-0.3, -0.25) is 4.79 Å². The molecule has 1 aliphatic heterocycles. The molecule has 0 amide bonds. The number of ether oxygens (including phenoxy) is 3. The second kappa shape index (κ2) is 6.87. The van der Waals surface area contributed by atoms with E-state index in [1.165, 1.54) is 19.4 Å². The summed E-state index contributed by atoms with van der Waals surface area (Å²) in [6.45, 7) is 0.168. The number of ketones is 1. The lowest BCUT2D eigenvalue weighted by Crippen LogP contribution is -2.01. The van der Waals surface area contributed by atoms with Crippen LogP contribution in [0.2, 0.25) is 0 Å². The highest BCUT2D eigenvalue weighted by molar-refractivity contribution is 6.05. The summed E-state index contributed by atoms with van der Waals surface area (Å²) in [6, 6.07) is 11.8. The lowest BCUT2D eigenvalue weighted by atomic mass is 10.1. The second-order valence-corrected chi connectivity index (χ2v) is 4.98. The molecule has 6 nitrogen and oxygen atoms in total. The predicted molar refractivity (Wildman–Crippen MR) is 87.4 cm³/mol. The van der Waals surface area contributed by atoms with Gasteiger partial charge in [-0.05, 0) is 36.4 Å². The summed E-state index contributed by atoms with van der Waals surface area (Å²) in [6.07, 6.45) is 2.92. The third-order valence-corrected chi connectivity index (χ3v) is 3.43. The molecule has 2 aromatic carbocycles. The van der Waals surface area contributed by atoms with Gasteiger partial charge in [0, 0.05) is 23.5 Å². The van der Waals surface area contributed by atoms with Crippen molar-refractivity contribution in [2.75, 3.05) is 19.2 Å². The van der Waals surface area contributed by atoms with E-state index in [0.717, 1.165) is 0 Å². The zero-order valence-corrected chi connectivity index (χ0v) is 12.9. The molecule has 0 unspecified atom stereocenters. The molecule has 1 aliphatic rings. The highest BCUT2D eigenvalue weighted by Crippen LogP contribution is 2.32. The van der Waals surface area contributed by atoms with Crippen LogP contribution in [0.15, 0.2) is 54.7 Å². The maximum absolute atomic E-state index is 12.2. The molecule has 1 heterocycles. The van der Waals surface area contributed by atoms with Gasteiger partial charge >= 0.3 is 5.97 Å². The number of nitrogens with one attached hydrogen (secondary N) is 1. The molecule has 0 bridgehead atoms. The Morgan fingerprint density at radius 3 is 2.75 bits per heavy atom. The molecular formula is C18H15NO5. The van der Waals surface area contributed by atoms with Crippen molar-refractivity contribution in [3.05, 3.63) is 65.9 Å². The summed E-state index contributed by atoms with van der Waals surface area (Å²) in [5.74, 6) is 0.602. The fraction of sp³-hybridized carbons (Fsp3) is 0.111. The minimum Gasteiger partial charge on any atom is -0.465 e. The van der Waals surface area contributed by atoms with Crippen molar-refractivity contribution in [2.45, 2.75) is 0 Å². The molecule has 0 fully saturated rings. The number of anilines is 1. The van der Waals surface area contributed by atoms with Gasteiger partial charge in [-0.15, -0.1) is 0 Å². The first-order chi connectivity index (χ1) is 11.7. The van der Waals surface area contributed by atoms with Crippen molar-refractivity contribution >= 4 is 17.4 Å². The van der Waals surface area contributed by atoms with Crippen molar-refractivity contribution in [1.29, 1.82) is 0 Å². The van der Waals surface area contributed by atoms with Crippen LogP contribution in [-0.4, -0.2) is 25.7 Å². The van der Waals surface area contributed by atoms with E-state index in [1.807, 2.05) is 0 Å². The number of methoxy groups -OCH3 is 1. The standard InChI is InChI=1S/C18H15NO5/c1-22-18(21)13-3-2-4-14(9-13)19-8-7-15(20)12-5-6-16-17(10-12)24-11-23-16/h2-10,19H,11H2,1H3/b8-7+. The number of hydrogen-bond acceptors (Lipinski definition) is 6. The number of allylic oxidation sites excluding steroid dienone is 1. The summed E-state index contributed by atoms with van der Waals surface area (Å²) in [5, 5.41) is 2.95. The molecule has 0 saturated heterocycles. The summed E-state index contributed by atoms with van der Waals surface area (Å²) in [4.78, 5) is 23.6. The van der Waals surface area contributed by atoms with E-state index in [2.05, 4.69) is 10.1 Å². The second-order valence-electron chi connectivity index (χ2n) is 4.98. The van der Waals surface area contributed by atoms with Crippen LogP contribution in [0.5, 0.6) is 11.5 Å². The Balaban J connectivity index is 1.66. The van der Waals surface area contributed by atoms with E-state index >= 15 is 0 Å². The summed E-state index contributed by atoms with van der Waals surface area (Å²) < 4.78 is 15.1. The third-order valence-electron chi connectivity index (χ3n) is 3.43. The van der Waals surface area contributed by atoms with Crippen molar-refractivity contribution in [1.82, 2.24) is 0 Å². The SMILES string of the molecule is COC(=O)c1cccc(N/C=C/C(=O)c2ccc3c(c2)OCO3)c1. The first-order valence-electron chi connectivity index (χ1n) is 7.23. The van der Waals surface area contributed by atoms with Gasteiger partial charge in [-0.2, -0.15) is 0 Å². The van der Waals surface area contributed by atoms with Crippen LogP contribution in [0.3, 0.4) is 0 Å². The normalized spacial score (nSPS) is 12.2. The van der Waals surface area contributed by atoms with Gasteiger partial charge < -0.3 is 19.5 Å². The fourth-order valence-electron chi connectivity index (χ4n) is 2.21. The number of hydrogen-bond donors (Lipinski definition) is 1. The van der Waals surface area contributed by atoms with E-state index in [9.17, 15) is 9.59 Å². The number of esters is 1. The molecule has 24 heavy (non-hydrogen) atoms. The minimum atomic E-state index is -0.418. The Labute approximate surface area is 138 Å². The minimum absolute atomic E-state index is 0.168. The molecule has 0 spiro atoms. The maximum Gasteiger partial charge on any atom is 0.337 e. The number of rotatable bonds is 5. The van der Waals surface area contributed by atoms with Gasteiger partial charge in [0.15, 0.2) is 17.3 Å². The Morgan fingerprint density at radius 1 is 1.08 bits per heavy atom. The van der Waals surface area contributed by atoms with Gasteiger partial charge in [-0.25, -0.2) is 4.79 Å². The summed E-state index contributed by atoms with van der Waals surface area (Å²) in [5.41, 5.74) is 1.60. The number of carbonyl (C=O) groups is 2. The van der Waals surface area contributed by atoms with Gasteiger partial charge in [0.1, 0.15) is 0 Å². The Bertz CT molecular complexity index is 813. The monoisotopic (exact) mass is 325 g/mol. The Hall–Kier alpha value is -3.28. The Kier molecular flexibility index (Phi) is 4.47. The molecule has 122 valence electrons. The van der Waals surface area contributed by atoms with Crippen LogP contribution < -0.4 is 14.8 Å². The summed E-state index contributed by atoms with van der Waals surface area (Å²) in [7, 11) is 1.33. The molecule has 6 heteroatoms. The van der Waals surface area contributed by atoms with E-state index in [4.69, 9.17) is 9.47 Å². The quantitative estimate of drug-likeness (QED) is 0.517. The average molecular weight is 325 g/mol. The smallest absolute Gasteiger partial charge is 0.337 e. The number of fused-ring (bicyclic) bond motifs is 1. The highest BCUT2D eigenvalue weighted by Gasteiger charge is 2.15. The fourth-order valence-corrected chi connectivity index (χ4v) is 2.21. The molecule has 0 radical (unpaired) electrons. The van der Waals surface area contributed by atoms with Crippen LogP contribution in [0.1, 0.15) is 20.7 Å². The van der Waals surface area contributed by atoms with Crippen LogP contribution in [0.4, 0.5) is 5.69 Å². The molecule has 0 atom stereocenters. The van der Waals surface area contributed by atoms with Crippen LogP contribution in [0.25, 0.3) is 0 Å². The first kappa shape index (κ1) is 15.6. The largest absolute Gasteiger partial charge is 0.465 e. The zero-order valence-electron chi connectivity index (χ0n) is 12.9. The van der Waals surface area contributed by atoms with Crippen molar-refractivity contribution in [2.24, 2.45) is 0 Å². The molecule has 1 N–H and O–H groups in total. The first-order valence-corrected chi connectivity index (χ1v) is 7.23. The lowest BCUT2D eigenvalue weighted by molar-refractivity contribution is 0.0600. The van der Waals surface area contributed by atoms with E-state index in [0.29, 0.717) is 28.3 Å². The van der Waals surface area contributed by atoms with Gasteiger partial charge in [0.2, 0.25) is 6.79 Å². The third kappa shape index (κ3) is 3.38. The predicted octanol–water partition coefficient (Wildman–Crippen LogP) is 3.01. The highest BCUT2D eigenvalue weighted by atomic mass is 16.7. The topological polar surface area (TPSA) is 73.9 Å². The Morgan fingerprint density at radius 2 is 1.92 bits per heavy atom. The molecule has 0 aliphatic carbocycles. The zero-order chi connectivity index (χ0) is 16.9. The van der Waals surface area contributed by atoms with Gasteiger partial charge in [-0.1, -0.05) is 6.07 Å². The van der Waals surface area contributed by atoms with E-state index in [-0.39, 0.29) is 12.6 Å². The number of benzene rings is 2. The van der Waals surface area contributed by atoms with Crippen molar-refractivity contribution < 1.29 is 23.8 Å².